The Balaban J connectivity index is 1.24. The summed E-state index contributed by atoms with van der Waals surface area (Å²) in [7, 11) is 0. The van der Waals surface area contributed by atoms with Crippen molar-refractivity contribution in [3.05, 3.63) is 199 Å². The quantitative estimate of drug-likeness (QED) is 0.166. The van der Waals surface area contributed by atoms with Crippen LogP contribution in [0.2, 0.25) is 0 Å². The lowest BCUT2D eigenvalue weighted by atomic mass is 9.79. The minimum Gasteiger partial charge on any atom is -0.507 e. The molecular formula is C56H50N4O. The molecule has 7 aromatic carbocycles. The first-order chi connectivity index (χ1) is 29.4. The zero-order valence-corrected chi connectivity index (χ0v) is 35.6. The van der Waals surface area contributed by atoms with Crippen molar-refractivity contribution in [2.24, 2.45) is 0 Å². The molecular weight excluding hydrogens is 745 g/mol. The normalized spacial score (nSPS) is 11.8. The number of imidazole rings is 1. The predicted molar refractivity (Wildman–Crippen MR) is 254 cm³/mol. The number of anilines is 3. The molecule has 0 saturated heterocycles. The van der Waals surface area contributed by atoms with Crippen LogP contribution in [0.15, 0.2) is 188 Å². The van der Waals surface area contributed by atoms with E-state index in [1.807, 2.05) is 42.6 Å². The highest BCUT2D eigenvalue weighted by atomic mass is 16.3. The molecule has 0 aliphatic carbocycles. The van der Waals surface area contributed by atoms with E-state index >= 15 is 0 Å². The van der Waals surface area contributed by atoms with E-state index in [4.69, 9.17) is 9.97 Å². The molecule has 0 amide bonds. The van der Waals surface area contributed by atoms with E-state index in [2.05, 4.69) is 197 Å². The van der Waals surface area contributed by atoms with E-state index in [9.17, 15) is 5.11 Å². The van der Waals surface area contributed by atoms with Gasteiger partial charge in [-0.05, 0) is 112 Å². The molecule has 0 aliphatic rings. The third-order valence-electron chi connectivity index (χ3n) is 11.4. The van der Waals surface area contributed by atoms with Crippen LogP contribution in [0.1, 0.15) is 52.7 Å². The standard InChI is InChI=1S/C56H50N4O/c1-55(2,3)42-35-48(53(61)49(36-42)56(4,5)6)54-58-52-47(28-19-29-51(52)60(54)45-26-17-10-18-27-45)40-32-39(38-20-11-7-12-21-38)33-41(34-40)50-31-30-46(37-57-50)59(43-22-13-8-14-23-43)44-24-15-9-16-25-44/h7-37,61H,1-6H3. The summed E-state index contributed by atoms with van der Waals surface area (Å²) < 4.78 is 2.19. The Kier molecular flexibility index (Phi) is 10.1. The SMILES string of the molecule is CC(C)(C)c1cc(-c2nc3c(-c4cc(-c5ccccc5)cc(-c5ccc(N(c6ccccc6)c6ccccc6)cn5)c4)cccc3n2-c2ccccc2)c(O)c(C(C)(C)C)c1. The van der Waals surface area contributed by atoms with E-state index in [0.717, 1.165) is 78.4 Å². The molecule has 2 aromatic heterocycles. The van der Waals surface area contributed by atoms with E-state index in [0.29, 0.717) is 11.4 Å². The largest absolute Gasteiger partial charge is 0.507 e. The lowest BCUT2D eigenvalue weighted by molar-refractivity contribution is 0.446. The molecule has 2 heterocycles. The van der Waals surface area contributed by atoms with Gasteiger partial charge in [0.2, 0.25) is 0 Å². The van der Waals surface area contributed by atoms with Crippen LogP contribution in [0, 0.1) is 0 Å². The molecule has 0 aliphatic heterocycles. The molecule has 5 nitrogen and oxygen atoms in total. The Hall–Kier alpha value is -7.24. The fraction of sp³-hybridized carbons (Fsp3) is 0.143. The average molecular weight is 795 g/mol. The number of aromatic nitrogens is 3. The monoisotopic (exact) mass is 794 g/mol. The summed E-state index contributed by atoms with van der Waals surface area (Å²) in [5.74, 6) is 0.955. The minimum absolute atomic E-state index is 0.154. The van der Waals surface area contributed by atoms with Crippen molar-refractivity contribution in [1.29, 1.82) is 0 Å². The van der Waals surface area contributed by atoms with Gasteiger partial charge in [-0.3, -0.25) is 9.55 Å². The highest BCUT2D eigenvalue weighted by Gasteiger charge is 2.28. The van der Waals surface area contributed by atoms with Crippen molar-refractivity contribution in [3.63, 3.8) is 0 Å². The average Bonchev–Trinajstić information content (AvgIpc) is 3.67. The molecule has 0 radical (unpaired) electrons. The van der Waals surface area contributed by atoms with Gasteiger partial charge in [0.05, 0.1) is 34.2 Å². The number of hydrogen-bond acceptors (Lipinski definition) is 4. The summed E-state index contributed by atoms with van der Waals surface area (Å²) in [5.41, 5.74) is 14.2. The minimum atomic E-state index is -0.295. The number of para-hydroxylation sites is 4. The van der Waals surface area contributed by atoms with E-state index in [1.165, 1.54) is 0 Å². The Morgan fingerprint density at radius 1 is 0.492 bits per heavy atom. The summed E-state index contributed by atoms with van der Waals surface area (Å²) in [5, 5.41) is 12.2. The Bertz CT molecular complexity index is 2920. The summed E-state index contributed by atoms with van der Waals surface area (Å²) in [6, 6.07) is 63.3. The van der Waals surface area contributed by atoms with Crippen LogP contribution in [0.4, 0.5) is 17.1 Å². The highest BCUT2D eigenvalue weighted by molar-refractivity contribution is 5.97. The zero-order chi connectivity index (χ0) is 42.3. The summed E-state index contributed by atoms with van der Waals surface area (Å²) >= 11 is 0. The molecule has 5 heteroatoms. The van der Waals surface area contributed by atoms with E-state index in [-0.39, 0.29) is 16.6 Å². The van der Waals surface area contributed by atoms with Gasteiger partial charge in [-0.15, -0.1) is 0 Å². The van der Waals surface area contributed by atoms with Crippen molar-refractivity contribution in [2.75, 3.05) is 4.90 Å². The molecule has 0 atom stereocenters. The summed E-state index contributed by atoms with van der Waals surface area (Å²) in [6.45, 7) is 13.1. The topological polar surface area (TPSA) is 54.2 Å². The highest BCUT2D eigenvalue weighted by Crippen LogP contribution is 2.45. The number of fused-ring (bicyclic) bond motifs is 1. The molecule has 0 fully saturated rings. The molecule has 0 spiro atoms. The predicted octanol–water partition coefficient (Wildman–Crippen LogP) is 14.9. The van der Waals surface area contributed by atoms with Gasteiger partial charge in [0.25, 0.3) is 0 Å². The van der Waals surface area contributed by atoms with Crippen LogP contribution in [-0.2, 0) is 10.8 Å². The first-order valence-electron chi connectivity index (χ1n) is 21.0. The van der Waals surface area contributed by atoms with Gasteiger partial charge < -0.3 is 10.0 Å². The Labute approximate surface area is 359 Å². The fourth-order valence-electron chi connectivity index (χ4n) is 8.18. The number of aromatic hydroxyl groups is 1. The van der Waals surface area contributed by atoms with Crippen LogP contribution < -0.4 is 4.90 Å². The van der Waals surface area contributed by atoms with Crippen LogP contribution in [0.5, 0.6) is 5.75 Å². The number of nitrogens with zero attached hydrogens (tertiary/aromatic N) is 4. The van der Waals surface area contributed by atoms with Crippen LogP contribution in [0.3, 0.4) is 0 Å². The first kappa shape index (κ1) is 39.2. The number of phenols is 1. The summed E-state index contributed by atoms with van der Waals surface area (Å²) in [6.07, 6.45) is 1.96. The number of hydrogen-bond donors (Lipinski definition) is 1. The molecule has 0 saturated carbocycles. The van der Waals surface area contributed by atoms with E-state index < -0.39 is 0 Å². The van der Waals surface area contributed by atoms with Crippen LogP contribution in [0.25, 0.3) is 61.6 Å². The van der Waals surface area contributed by atoms with Gasteiger partial charge in [0.15, 0.2) is 0 Å². The Morgan fingerprint density at radius 3 is 1.67 bits per heavy atom. The third-order valence-corrected chi connectivity index (χ3v) is 11.4. The number of rotatable bonds is 8. The molecule has 9 aromatic rings. The van der Waals surface area contributed by atoms with Gasteiger partial charge >= 0.3 is 0 Å². The first-order valence-corrected chi connectivity index (χ1v) is 21.0. The van der Waals surface area contributed by atoms with Gasteiger partial charge in [-0.2, -0.15) is 0 Å². The second-order valence-electron chi connectivity index (χ2n) is 17.8. The Morgan fingerprint density at radius 2 is 1.08 bits per heavy atom. The van der Waals surface area contributed by atoms with Gasteiger partial charge in [0.1, 0.15) is 11.6 Å². The maximum atomic E-state index is 12.2. The second-order valence-corrected chi connectivity index (χ2v) is 17.8. The molecule has 61 heavy (non-hydrogen) atoms. The third kappa shape index (κ3) is 7.71. The molecule has 9 rings (SSSR count). The van der Waals surface area contributed by atoms with Gasteiger partial charge in [-0.1, -0.05) is 145 Å². The number of pyridine rings is 1. The van der Waals surface area contributed by atoms with Crippen molar-refractivity contribution in [2.45, 2.75) is 52.4 Å². The van der Waals surface area contributed by atoms with Crippen LogP contribution in [-0.4, -0.2) is 19.6 Å². The maximum Gasteiger partial charge on any atom is 0.149 e. The van der Waals surface area contributed by atoms with Crippen molar-refractivity contribution < 1.29 is 5.11 Å². The van der Waals surface area contributed by atoms with Gasteiger partial charge in [0, 0.05) is 33.8 Å². The number of phenolic OH excluding ortho intramolecular Hbond substituents is 1. The van der Waals surface area contributed by atoms with Crippen molar-refractivity contribution in [3.8, 4) is 56.3 Å². The molecule has 0 bridgehead atoms. The lowest BCUT2D eigenvalue weighted by Gasteiger charge is -2.27. The number of benzene rings is 7. The fourth-order valence-corrected chi connectivity index (χ4v) is 8.18. The lowest BCUT2D eigenvalue weighted by Crippen LogP contribution is -2.17. The van der Waals surface area contributed by atoms with Gasteiger partial charge in [-0.25, -0.2) is 4.98 Å². The van der Waals surface area contributed by atoms with Crippen molar-refractivity contribution >= 4 is 28.1 Å². The summed E-state index contributed by atoms with van der Waals surface area (Å²) in [4.78, 5) is 12.9. The maximum absolute atomic E-state index is 12.2. The molecule has 1 N–H and O–H groups in total. The van der Waals surface area contributed by atoms with Crippen LogP contribution >= 0.6 is 0 Å². The van der Waals surface area contributed by atoms with E-state index in [1.54, 1.807) is 0 Å². The molecule has 0 unspecified atom stereocenters. The van der Waals surface area contributed by atoms with Crippen molar-refractivity contribution in [1.82, 2.24) is 14.5 Å². The second kappa shape index (κ2) is 15.7. The zero-order valence-electron chi connectivity index (χ0n) is 35.6. The smallest absolute Gasteiger partial charge is 0.149 e. The molecule has 300 valence electrons.